The van der Waals surface area contributed by atoms with Crippen molar-refractivity contribution in [1.29, 1.82) is 0 Å². The van der Waals surface area contributed by atoms with Crippen LogP contribution in [-0.4, -0.2) is 13.7 Å². The Hall–Kier alpha value is -1.09. The van der Waals surface area contributed by atoms with Gasteiger partial charge in [0.25, 0.3) is 0 Å². The highest BCUT2D eigenvalue weighted by atomic mass is 19.1. The smallest absolute Gasteiger partial charge is 0.169 e. The van der Waals surface area contributed by atoms with Crippen LogP contribution < -0.4 is 10.1 Å². The Balaban J connectivity index is 2.47. The van der Waals surface area contributed by atoms with Crippen LogP contribution in [0.1, 0.15) is 32.8 Å². The highest BCUT2D eigenvalue weighted by Crippen LogP contribution is 2.20. The standard InChI is InChI=1S/C14H22FNO/c1-14(2,3)8-9-16-10-11-6-5-7-12(17-4)13(11)15/h5-7,16H,8-10H2,1-4H3. The molecule has 0 aliphatic heterocycles. The molecule has 17 heavy (non-hydrogen) atoms. The van der Waals surface area contributed by atoms with E-state index in [-0.39, 0.29) is 5.82 Å². The first-order valence-corrected chi connectivity index (χ1v) is 5.96. The van der Waals surface area contributed by atoms with Gasteiger partial charge in [-0.1, -0.05) is 32.9 Å². The second kappa shape index (κ2) is 6.01. The average Bonchev–Trinajstić information content (AvgIpc) is 2.25. The normalized spacial score (nSPS) is 11.6. The molecule has 1 aromatic rings. The lowest BCUT2D eigenvalue weighted by Gasteiger charge is -2.18. The third kappa shape index (κ3) is 4.73. The SMILES string of the molecule is COc1cccc(CNCCC(C)(C)C)c1F. The van der Waals surface area contributed by atoms with Crippen LogP contribution in [0.4, 0.5) is 4.39 Å². The van der Waals surface area contributed by atoms with Crippen molar-refractivity contribution in [2.45, 2.75) is 33.7 Å². The van der Waals surface area contributed by atoms with E-state index in [1.165, 1.54) is 7.11 Å². The molecule has 0 atom stereocenters. The van der Waals surface area contributed by atoms with Crippen LogP contribution in [-0.2, 0) is 6.54 Å². The Morgan fingerprint density at radius 3 is 2.59 bits per heavy atom. The summed E-state index contributed by atoms with van der Waals surface area (Å²) in [6, 6.07) is 5.22. The van der Waals surface area contributed by atoms with Crippen LogP contribution in [0, 0.1) is 11.2 Å². The summed E-state index contributed by atoms with van der Waals surface area (Å²) in [5.41, 5.74) is 0.957. The van der Waals surface area contributed by atoms with Crippen molar-refractivity contribution >= 4 is 0 Å². The molecule has 0 unspecified atom stereocenters. The number of hydrogen-bond donors (Lipinski definition) is 1. The number of methoxy groups -OCH3 is 1. The van der Waals surface area contributed by atoms with Gasteiger partial charge in [-0.2, -0.15) is 0 Å². The molecule has 0 spiro atoms. The van der Waals surface area contributed by atoms with Crippen LogP contribution in [0.15, 0.2) is 18.2 Å². The zero-order valence-electron chi connectivity index (χ0n) is 11.1. The Kier molecular flexibility index (Phi) is 4.94. The van der Waals surface area contributed by atoms with E-state index in [1.807, 2.05) is 6.07 Å². The Bertz CT molecular complexity index is 358. The molecule has 96 valence electrons. The van der Waals surface area contributed by atoms with Crippen LogP contribution in [0.2, 0.25) is 0 Å². The first kappa shape index (κ1) is 14.0. The Morgan fingerprint density at radius 1 is 1.29 bits per heavy atom. The van der Waals surface area contributed by atoms with E-state index in [9.17, 15) is 4.39 Å². The molecule has 0 aliphatic rings. The number of halogens is 1. The van der Waals surface area contributed by atoms with E-state index in [0.29, 0.717) is 23.3 Å². The molecule has 0 aliphatic carbocycles. The van der Waals surface area contributed by atoms with Crippen molar-refractivity contribution in [2.24, 2.45) is 5.41 Å². The maximum Gasteiger partial charge on any atom is 0.169 e. The predicted octanol–water partition coefficient (Wildman–Crippen LogP) is 3.36. The molecular weight excluding hydrogens is 217 g/mol. The summed E-state index contributed by atoms with van der Waals surface area (Å²) in [6.07, 6.45) is 1.07. The predicted molar refractivity (Wildman–Crippen MR) is 68.7 cm³/mol. The van der Waals surface area contributed by atoms with Gasteiger partial charge in [0.1, 0.15) is 0 Å². The lowest BCUT2D eigenvalue weighted by molar-refractivity contribution is 0.363. The fourth-order valence-electron chi connectivity index (χ4n) is 1.54. The maximum atomic E-state index is 13.8. The quantitative estimate of drug-likeness (QED) is 0.795. The third-order valence-corrected chi connectivity index (χ3v) is 2.63. The van der Waals surface area contributed by atoms with Gasteiger partial charge in [-0.05, 0) is 24.4 Å². The highest BCUT2D eigenvalue weighted by Gasteiger charge is 2.10. The molecule has 0 saturated carbocycles. The molecule has 1 N–H and O–H groups in total. The van der Waals surface area contributed by atoms with Gasteiger partial charge in [0, 0.05) is 12.1 Å². The number of nitrogens with one attached hydrogen (secondary N) is 1. The number of ether oxygens (including phenoxy) is 1. The first-order chi connectivity index (χ1) is 7.94. The minimum atomic E-state index is -0.266. The van der Waals surface area contributed by atoms with E-state index in [2.05, 4.69) is 26.1 Å². The minimum absolute atomic E-state index is 0.266. The Morgan fingerprint density at radius 2 is 2.00 bits per heavy atom. The van der Waals surface area contributed by atoms with Gasteiger partial charge in [-0.25, -0.2) is 4.39 Å². The maximum absolute atomic E-state index is 13.8. The number of hydrogen-bond acceptors (Lipinski definition) is 2. The van der Waals surface area contributed by atoms with Gasteiger partial charge in [-0.15, -0.1) is 0 Å². The summed E-state index contributed by atoms with van der Waals surface area (Å²) in [6.45, 7) is 8.02. The molecule has 0 radical (unpaired) electrons. The summed E-state index contributed by atoms with van der Waals surface area (Å²) < 4.78 is 18.7. The van der Waals surface area contributed by atoms with Crippen molar-refractivity contribution in [3.8, 4) is 5.75 Å². The molecule has 0 aromatic heterocycles. The molecule has 0 amide bonds. The summed E-state index contributed by atoms with van der Waals surface area (Å²) in [4.78, 5) is 0. The molecule has 0 heterocycles. The highest BCUT2D eigenvalue weighted by molar-refractivity contribution is 5.30. The van der Waals surface area contributed by atoms with Gasteiger partial charge in [0.15, 0.2) is 11.6 Å². The van der Waals surface area contributed by atoms with Crippen molar-refractivity contribution < 1.29 is 9.13 Å². The molecule has 1 rings (SSSR count). The molecule has 0 fully saturated rings. The van der Waals surface area contributed by atoms with E-state index in [4.69, 9.17) is 4.74 Å². The van der Waals surface area contributed by atoms with Gasteiger partial charge in [0.05, 0.1) is 7.11 Å². The van der Waals surface area contributed by atoms with Crippen LogP contribution in [0.25, 0.3) is 0 Å². The van der Waals surface area contributed by atoms with Gasteiger partial charge < -0.3 is 10.1 Å². The van der Waals surface area contributed by atoms with E-state index < -0.39 is 0 Å². The first-order valence-electron chi connectivity index (χ1n) is 5.96. The fourth-order valence-corrected chi connectivity index (χ4v) is 1.54. The monoisotopic (exact) mass is 239 g/mol. The molecule has 3 heteroatoms. The van der Waals surface area contributed by atoms with Crippen LogP contribution >= 0.6 is 0 Å². The zero-order valence-corrected chi connectivity index (χ0v) is 11.1. The van der Waals surface area contributed by atoms with Gasteiger partial charge >= 0.3 is 0 Å². The Labute approximate surface area is 103 Å². The van der Waals surface area contributed by atoms with E-state index in [0.717, 1.165) is 13.0 Å². The average molecular weight is 239 g/mol. The van der Waals surface area contributed by atoms with Crippen molar-refractivity contribution in [2.75, 3.05) is 13.7 Å². The van der Waals surface area contributed by atoms with Crippen molar-refractivity contribution in [3.63, 3.8) is 0 Å². The van der Waals surface area contributed by atoms with E-state index >= 15 is 0 Å². The molecule has 0 saturated heterocycles. The molecule has 2 nitrogen and oxygen atoms in total. The summed E-state index contributed by atoms with van der Waals surface area (Å²) in [5.74, 6) is 0.0402. The van der Waals surface area contributed by atoms with Crippen LogP contribution in [0.5, 0.6) is 5.75 Å². The van der Waals surface area contributed by atoms with Crippen molar-refractivity contribution in [1.82, 2.24) is 5.32 Å². The molecule has 1 aromatic carbocycles. The second-order valence-electron chi connectivity index (χ2n) is 5.42. The van der Waals surface area contributed by atoms with E-state index in [1.54, 1.807) is 12.1 Å². The number of rotatable bonds is 5. The summed E-state index contributed by atoms with van der Waals surface area (Å²) >= 11 is 0. The lowest BCUT2D eigenvalue weighted by Crippen LogP contribution is -2.20. The largest absolute Gasteiger partial charge is 0.494 e. The van der Waals surface area contributed by atoms with Crippen LogP contribution in [0.3, 0.4) is 0 Å². The van der Waals surface area contributed by atoms with Crippen molar-refractivity contribution in [3.05, 3.63) is 29.6 Å². The zero-order chi connectivity index (χ0) is 12.9. The number of benzene rings is 1. The topological polar surface area (TPSA) is 21.3 Å². The second-order valence-corrected chi connectivity index (χ2v) is 5.42. The molecule has 0 bridgehead atoms. The third-order valence-electron chi connectivity index (χ3n) is 2.63. The minimum Gasteiger partial charge on any atom is -0.494 e. The molecular formula is C14H22FNO. The van der Waals surface area contributed by atoms with Gasteiger partial charge in [-0.3, -0.25) is 0 Å². The van der Waals surface area contributed by atoms with Gasteiger partial charge in [0.2, 0.25) is 0 Å². The summed E-state index contributed by atoms with van der Waals surface area (Å²) in [7, 11) is 1.48. The lowest BCUT2D eigenvalue weighted by atomic mass is 9.92. The fraction of sp³-hybridized carbons (Fsp3) is 0.571. The summed E-state index contributed by atoms with van der Waals surface area (Å²) in [5, 5.41) is 3.25.